The van der Waals surface area contributed by atoms with E-state index < -0.39 is 16.6 Å². The highest BCUT2D eigenvalue weighted by molar-refractivity contribution is 8.24. The third-order valence-electron chi connectivity index (χ3n) is 2.56. The van der Waals surface area contributed by atoms with E-state index in [1.165, 1.54) is 5.06 Å². The third kappa shape index (κ3) is 3.44. The Kier molecular flexibility index (Phi) is 3.68. The lowest BCUT2D eigenvalue weighted by atomic mass is 10.2. The van der Waals surface area contributed by atoms with E-state index in [1.54, 1.807) is 24.3 Å². The highest BCUT2D eigenvalue weighted by atomic mass is 32.3. The first-order valence-corrected chi connectivity index (χ1v) is 7.21. The van der Waals surface area contributed by atoms with Crippen LogP contribution in [0.5, 0.6) is 0 Å². The van der Waals surface area contributed by atoms with Gasteiger partial charge in [-0.3, -0.25) is 9.11 Å². The zero-order valence-electron chi connectivity index (χ0n) is 9.28. The fourth-order valence-corrected chi connectivity index (χ4v) is 2.74. The van der Waals surface area contributed by atoms with E-state index in [0.717, 1.165) is 0 Å². The van der Waals surface area contributed by atoms with Gasteiger partial charge in [0.1, 0.15) is 0 Å². The van der Waals surface area contributed by atoms with Crippen molar-refractivity contribution in [3.8, 4) is 0 Å². The summed E-state index contributed by atoms with van der Waals surface area (Å²) in [5.41, 5.74) is 0.490. The summed E-state index contributed by atoms with van der Waals surface area (Å²) < 4.78 is 18.8. The van der Waals surface area contributed by atoms with Gasteiger partial charge >= 0.3 is 5.97 Å². The van der Waals surface area contributed by atoms with Gasteiger partial charge < -0.3 is 4.84 Å². The lowest BCUT2D eigenvalue weighted by molar-refractivity contribution is -0.104. The molecule has 2 rings (SSSR count). The summed E-state index contributed by atoms with van der Waals surface area (Å²) in [6.45, 7) is 0.724. The minimum absolute atomic E-state index is 0.259. The molecule has 1 aromatic carbocycles. The van der Waals surface area contributed by atoms with Crippen LogP contribution in [0.15, 0.2) is 30.3 Å². The van der Waals surface area contributed by atoms with E-state index in [1.807, 2.05) is 6.07 Å². The molecular weight excluding hydrogens is 242 g/mol. The monoisotopic (exact) mass is 257 g/mol. The van der Waals surface area contributed by atoms with Crippen molar-refractivity contribution >= 4 is 16.6 Å². The first-order chi connectivity index (χ1) is 8.07. The summed E-state index contributed by atoms with van der Waals surface area (Å²) in [4.78, 5) is 16.8. The molecule has 1 aliphatic rings. The predicted octanol–water partition coefficient (Wildman–Crippen LogP) is 1.82. The molecule has 6 heteroatoms. The number of hydrogen-bond acceptors (Lipinski definition) is 5. The molecule has 17 heavy (non-hydrogen) atoms. The Hall–Kier alpha value is -1.08. The Bertz CT molecular complexity index is 386. The van der Waals surface area contributed by atoms with Crippen LogP contribution in [0.4, 0.5) is 0 Å². The Balaban J connectivity index is 1.89. The van der Waals surface area contributed by atoms with E-state index in [9.17, 15) is 13.9 Å². The highest BCUT2D eigenvalue weighted by Crippen LogP contribution is 2.40. The van der Waals surface area contributed by atoms with Crippen molar-refractivity contribution in [2.75, 3.05) is 24.6 Å². The van der Waals surface area contributed by atoms with Crippen LogP contribution in [0.3, 0.4) is 0 Å². The summed E-state index contributed by atoms with van der Waals surface area (Å²) in [5.74, 6) is 0.105. The van der Waals surface area contributed by atoms with Gasteiger partial charge in [-0.15, -0.1) is 5.06 Å². The summed E-state index contributed by atoms with van der Waals surface area (Å²) in [6, 6.07) is 8.72. The summed E-state index contributed by atoms with van der Waals surface area (Å²) >= 11 is 0. The fraction of sp³-hybridized carbons (Fsp3) is 0.364. The van der Waals surface area contributed by atoms with Crippen molar-refractivity contribution in [2.24, 2.45) is 0 Å². The number of hydrogen-bond donors (Lipinski definition) is 2. The van der Waals surface area contributed by atoms with Gasteiger partial charge in [-0.05, 0) is 12.1 Å². The molecule has 1 saturated heterocycles. The van der Waals surface area contributed by atoms with Gasteiger partial charge in [-0.1, -0.05) is 18.2 Å². The maximum atomic E-state index is 11.7. The van der Waals surface area contributed by atoms with Gasteiger partial charge in [0.2, 0.25) is 0 Å². The molecule has 1 fully saturated rings. The van der Waals surface area contributed by atoms with Crippen LogP contribution in [0, 0.1) is 0 Å². The maximum absolute atomic E-state index is 11.7. The van der Waals surface area contributed by atoms with Crippen LogP contribution in [-0.4, -0.2) is 44.7 Å². The van der Waals surface area contributed by atoms with Crippen molar-refractivity contribution in [3.63, 3.8) is 0 Å². The van der Waals surface area contributed by atoms with Gasteiger partial charge in [-0.25, -0.2) is 4.79 Å². The second-order valence-electron chi connectivity index (χ2n) is 3.88. The molecule has 0 atom stereocenters. The first-order valence-electron chi connectivity index (χ1n) is 5.33. The van der Waals surface area contributed by atoms with Gasteiger partial charge in [0.25, 0.3) is 0 Å². The lowest BCUT2D eigenvalue weighted by Gasteiger charge is -2.39. The van der Waals surface area contributed by atoms with Crippen LogP contribution >= 0.6 is 10.6 Å². The van der Waals surface area contributed by atoms with E-state index in [-0.39, 0.29) is 11.5 Å². The second kappa shape index (κ2) is 5.05. The summed E-state index contributed by atoms with van der Waals surface area (Å²) in [7, 11) is -2.45. The zero-order valence-corrected chi connectivity index (χ0v) is 10.1. The molecule has 1 aromatic rings. The SMILES string of the molecule is O=C(ON1CCS(O)(O)CC1)c1ccccc1. The lowest BCUT2D eigenvalue weighted by Crippen LogP contribution is -2.39. The smallest absolute Gasteiger partial charge is 0.357 e. The quantitative estimate of drug-likeness (QED) is 0.845. The first kappa shape index (κ1) is 12.4. The molecule has 0 saturated carbocycles. The maximum Gasteiger partial charge on any atom is 0.357 e. The Morgan fingerprint density at radius 2 is 1.76 bits per heavy atom. The van der Waals surface area contributed by atoms with Crippen LogP contribution < -0.4 is 0 Å². The number of nitrogens with zero attached hydrogens (tertiary/aromatic N) is 1. The molecule has 94 valence electrons. The topological polar surface area (TPSA) is 70.0 Å². The van der Waals surface area contributed by atoms with Crippen molar-refractivity contribution < 1.29 is 18.7 Å². The number of carbonyl (C=O) groups is 1. The molecular formula is C11H15NO4S. The Morgan fingerprint density at radius 1 is 1.18 bits per heavy atom. The van der Waals surface area contributed by atoms with Gasteiger partial charge in [0, 0.05) is 0 Å². The summed E-state index contributed by atoms with van der Waals surface area (Å²) in [5, 5.41) is 1.48. The summed E-state index contributed by atoms with van der Waals surface area (Å²) in [6.07, 6.45) is 0. The molecule has 0 bridgehead atoms. The normalized spacial score (nSPS) is 21.8. The van der Waals surface area contributed by atoms with E-state index in [0.29, 0.717) is 18.7 Å². The molecule has 0 aliphatic carbocycles. The van der Waals surface area contributed by atoms with Crippen LogP contribution in [0.1, 0.15) is 10.4 Å². The van der Waals surface area contributed by atoms with Crippen molar-refractivity contribution in [1.29, 1.82) is 0 Å². The number of carbonyl (C=O) groups excluding carboxylic acids is 1. The average Bonchev–Trinajstić information content (AvgIpc) is 2.33. The van der Waals surface area contributed by atoms with Crippen molar-refractivity contribution in [1.82, 2.24) is 5.06 Å². The Labute approximate surface area is 101 Å². The molecule has 0 unspecified atom stereocenters. The zero-order chi connectivity index (χ0) is 12.3. The standard InChI is InChI=1S/C11H15NO4S/c13-11(10-4-2-1-3-5-10)16-12-6-8-17(14,15)9-7-12/h1-5,14-15H,6-9H2. The van der Waals surface area contributed by atoms with Crippen LogP contribution in [0.25, 0.3) is 0 Å². The van der Waals surface area contributed by atoms with E-state index >= 15 is 0 Å². The average molecular weight is 257 g/mol. The van der Waals surface area contributed by atoms with E-state index in [2.05, 4.69) is 0 Å². The predicted molar refractivity (Wildman–Crippen MR) is 66.0 cm³/mol. The van der Waals surface area contributed by atoms with Crippen LogP contribution in [-0.2, 0) is 4.84 Å². The van der Waals surface area contributed by atoms with Gasteiger partial charge in [0.05, 0.1) is 30.2 Å². The minimum atomic E-state index is -2.45. The van der Waals surface area contributed by atoms with Crippen molar-refractivity contribution in [2.45, 2.75) is 0 Å². The largest absolute Gasteiger partial charge is 0.364 e. The minimum Gasteiger partial charge on any atom is -0.364 e. The Morgan fingerprint density at radius 3 is 2.35 bits per heavy atom. The van der Waals surface area contributed by atoms with Gasteiger partial charge in [0.15, 0.2) is 0 Å². The van der Waals surface area contributed by atoms with Crippen LogP contribution in [0.2, 0.25) is 0 Å². The molecule has 1 aliphatic heterocycles. The van der Waals surface area contributed by atoms with Crippen molar-refractivity contribution in [3.05, 3.63) is 35.9 Å². The molecule has 2 N–H and O–H groups in total. The molecule has 1 heterocycles. The number of rotatable bonds is 2. The second-order valence-corrected chi connectivity index (χ2v) is 6.31. The molecule has 5 nitrogen and oxygen atoms in total. The number of hydroxylamine groups is 2. The molecule has 0 aromatic heterocycles. The molecule has 0 amide bonds. The molecule has 0 radical (unpaired) electrons. The van der Waals surface area contributed by atoms with Gasteiger partial charge in [-0.2, -0.15) is 10.6 Å². The number of benzene rings is 1. The fourth-order valence-electron chi connectivity index (χ4n) is 1.55. The third-order valence-corrected chi connectivity index (χ3v) is 4.23. The molecule has 0 spiro atoms. The highest BCUT2D eigenvalue weighted by Gasteiger charge is 2.24. The van der Waals surface area contributed by atoms with E-state index in [4.69, 9.17) is 4.84 Å².